The van der Waals surface area contributed by atoms with Gasteiger partial charge in [0, 0.05) is 11.1 Å². The van der Waals surface area contributed by atoms with E-state index in [1.165, 1.54) is 45.7 Å². The maximum Gasteiger partial charge on any atom is 0.271 e. The molecule has 0 atom stereocenters. The van der Waals surface area contributed by atoms with Gasteiger partial charge in [0.1, 0.15) is 5.82 Å². The molecule has 2 aromatic rings. The second kappa shape index (κ2) is 7.96. The summed E-state index contributed by atoms with van der Waals surface area (Å²) in [5.41, 5.74) is 3.08. The lowest BCUT2D eigenvalue weighted by atomic mass is 10.2. The Morgan fingerprint density at radius 1 is 1.08 bits per heavy atom. The highest BCUT2D eigenvalue weighted by atomic mass is 19.1. The number of hydrazone groups is 1. The largest absolute Gasteiger partial charge is 0.493 e. The Morgan fingerprint density at radius 2 is 1.83 bits per heavy atom. The van der Waals surface area contributed by atoms with E-state index >= 15 is 0 Å². The molecule has 0 bridgehead atoms. The van der Waals surface area contributed by atoms with Crippen molar-refractivity contribution in [1.82, 2.24) is 5.43 Å². The molecule has 1 N–H and O–H groups in total. The molecule has 126 valence electrons. The van der Waals surface area contributed by atoms with Gasteiger partial charge in [-0.15, -0.1) is 0 Å². The fourth-order valence-electron chi connectivity index (χ4n) is 2.08. The van der Waals surface area contributed by atoms with Crippen molar-refractivity contribution in [2.75, 3.05) is 21.3 Å². The van der Waals surface area contributed by atoms with E-state index in [1.54, 1.807) is 12.1 Å². The quantitative estimate of drug-likeness (QED) is 0.652. The summed E-state index contributed by atoms with van der Waals surface area (Å²) < 4.78 is 28.9. The summed E-state index contributed by atoms with van der Waals surface area (Å²) in [5.74, 6) is 0.328. The van der Waals surface area contributed by atoms with Crippen molar-refractivity contribution in [2.45, 2.75) is 0 Å². The van der Waals surface area contributed by atoms with Crippen LogP contribution in [0.25, 0.3) is 0 Å². The molecule has 1 amide bonds. The van der Waals surface area contributed by atoms with Crippen molar-refractivity contribution in [2.24, 2.45) is 5.10 Å². The molecule has 0 unspecified atom stereocenters. The average Bonchev–Trinajstić information content (AvgIpc) is 2.60. The van der Waals surface area contributed by atoms with Crippen LogP contribution in [0.3, 0.4) is 0 Å². The molecule has 6 nitrogen and oxygen atoms in total. The van der Waals surface area contributed by atoms with Crippen molar-refractivity contribution in [3.63, 3.8) is 0 Å². The molecule has 0 saturated heterocycles. The van der Waals surface area contributed by atoms with Crippen LogP contribution in [0, 0.1) is 5.82 Å². The Kier molecular flexibility index (Phi) is 5.73. The predicted molar refractivity (Wildman–Crippen MR) is 87.6 cm³/mol. The van der Waals surface area contributed by atoms with Gasteiger partial charge in [-0.25, -0.2) is 9.82 Å². The Morgan fingerprint density at radius 3 is 2.46 bits per heavy atom. The van der Waals surface area contributed by atoms with Crippen LogP contribution < -0.4 is 19.6 Å². The number of methoxy groups -OCH3 is 3. The minimum absolute atomic E-state index is 0.173. The normalized spacial score (nSPS) is 10.5. The number of ether oxygens (including phenoxy) is 3. The van der Waals surface area contributed by atoms with Crippen LogP contribution in [0.2, 0.25) is 0 Å². The minimum Gasteiger partial charge on any atom is -0.493 e. The maximum absolute atomic E-state index is 13.1. The lowest BCUT2D eigenvalue weighted by Gasteiger charge is -2.13. The molecule has 7 heteroatoms. The molecule has 0 spiro atoms. The summed E-state index contributed by atoms with van der Waals surface area (Å²) in [6.45, 7) is 0. The highest BCUT2D eigenvalue weighted by Gasteiger charge is 2.14. The summed E-state index contributed by atoms with van der Waals surface area (Å²) in [7, 11) is 4.50. The number of carbonyl (C=O) groups is 1. The van der Waals surface area contributed by atoms with Gasteiger partial charge in [-0.1, -0.05) is 6.07 Å². The van der Waals surface area contributed by atoms with E-state index in [2.05, 4.69) is 10.5 Å². The van der Waals surface area contributed by atoms with Gasteiger partial charge >= 0.3 is 0 Å². The third-order valence-electron chi connectivity index (χ3n) is 3.19. The molecule has 0 aliphatic heterocycles. The average molecular weight is 332 g/mol. The second-order valence-electron chi connectivity index (χ2n) is 4.63. The van der Waals surface area contributed by atoms with Gasteiger partial charge in [-0.05, 0) is 30.3 Å². The molecule has 24 heavy (non-hydrogen) atoms. The van der Waals surface area contributed by atoms with Gasteiger partial charge in [-0.3, -0.25) is 4.79 Å². The predicted octanol–water partition coefficient (Wildman–Crippen LogP) is 2.62. The second-order valence-corrected chi connectivity index (χ2v) is 4.63. The highest BCUT2D eigenvalue weighted by Crippen LogP contribution is 2.38. The van der Waals surface area contributed by atoms with E-state index in [9.17, 15) is 9.18 Å². The molecular weight excluding hydrogens is 315 g/mol. The standard InChI is InChI=1S/C17H17FN2O4/c1-22-14-8-7-12(15(23-2)16(14)24-3)10-19-20-17(21)11-5-4-6-13(18)9-11/h4-10H,1-3H3,(H,20,21)/b19-10+. The first kappa shape index (κ1) is 17.3. The zero-order valence-corrected chi connectivity index (χ0v) is 13.5. The van der Waals surface area contributed by atoms with Crippen molar-refractivity contribution >= 4 is 12.1 Å². The van der Waals surface area contributed by atoms with E-state index in [4.69, 9.17) is 14.2 Å². The number of benzene rings is 2. The number of nitrogens with zero attached hydrogens (tertiary/aromatic N) is 1. The van der Waals surface area contributed by atoms with E-state index in [0.717, 1.165) is 6.07 Å². The maximum atomic E-state index is 13.1. The smallest absolute Gasteiger partial charge is 0.271 e. The molecule has 0 fully saturated rings. The summed E-state index contributed by atoms with van der Waals surface area (Å²) in [6, 6.07) is 8.72. The number of hydrogen-bond donors (Lipinski definition) is 1. The molecular formula is C17H17FN2O4. The van der Waals surface area contributed by atoms with Gasteiger partial charge in [0.25, 0.3) is 5.91 Å². The molecule has 0 aliphatic carbocycles. The number of amides is 1. The number of nitrogens with one attached hydrogen (secondary N) is 1. The number of hydrogen-bond acceptors (Lipinski definition) is 5. The molecule has 0 heterocycles. The molecule has 0 saturated carbocycles. The molecule has 2 rings (SSSR count). The molecule has 0 radical (unpaired) electrons. The van der Waals surface area contributed by atoms with Gasteiger partial charge < -0.3 is 14.2 Å². The monoisotopic (exact) mass is 332 g/mol. The Bertz CT molecular complexity index is 762. The topological polar surface area (TPSA) is 69.2 Å². The third kappa shape index (κ3) is 3.81. The van der Waals surface area contributed by atoms with Crippen LogP contribution in [0.5, 0.6) is 17.2 Å². The summed E-state index contributed by atoms with van der Waals surface area (Å²) in [4.78, 5) is 11.9. The van der Waals surface area contributed by atoms with Crippen LogP contribution >= 0.6 is 0 Å². The summed E-state index contributed by atoms with van der Waals surface area (Å²) in [5, 5.41) is 3.86. The summed E-state index contributed by atoms with van der Waals surface area (Å²) in [6.07, 6.45) is 1.40. The van der Waals surface area contributed by atoms with E-state index in [0.29, 0.717) is 22.8 Å². The summed E-state index contributed by atoms with van der Waals surface area (Å²) >= 11 is 0. The van der Waals surface area contributed by atoms with Crippen LogP contribution in [0.4, 0.5) is 4.39 Å². The van der Waals surface area contributed by atoms with Crippen LogP contribution in [0.1, 0.15) is 15.9 Å². The highest BCUT2D eigenvalue weighted by molar-refractivity contribution is 5.95. The van der Waals surface area contributed by atoms with Crippen molar-refractivity contribution < 1.29 is 23.4 Å². The first-order chi connectivity index (χ1) is 11.6. The SMILES string of the molecule is COc1ccc(/C=N/NC(=O)c2cccc(F)c2)c(OC)c1OC. The third-order valence-corrected chi connectivity index (χ3v) is 3.19. The zero-order valence-electron chi connectivity index (χ0n) is 13.5. The van der Waals surface area contributed by atoms with Gasteiger partial charge in [0.05, 0.1) is 27.5 Å². The van der Waals surface area contributed by atoms with Crippen molar-refractivity contribution in [3.8, 4) is 17.2 Å². The van der Waals surface area contributed by atoms with E-state index in [-0.39, 0.29) is 5.56 Å². The van der Waals surface area contributed by atoms with Crippen LogP contribution in [-0.4, -0.2) is 33.5 Å². The van der Waals surface area contributed by atoms with Crippen molar-refractivity contribution in [3.05, 3.63) is 53.3 Å². The first-order valence-corrected chi connectivity index (χ1v) is 6.98. The van der Waals surface area contributed by atoms with Gasteiger partial charge in [0.2, 0.25) is 5.75 Å². The fraction of sp³-hybridized carbons (Fsp3) is 0.176. The van der Waals surface area contributed by atoms with E-state index < -0.39 is 11.7 Å². The fourth-order valence-corrected chi connectivity index (χ4v) is 2.08. The van der Waals surface area contributed by atoms with Gasteiger partial charge in [0.15, 0.2) is 11.5 Å². The Balaban J connectivity index is 2.18. The van der Waals surface area contributed by atoms with Gasteiger partial charge in [-0.2, -0.15) is 5.10 Å². The first-order valence-electron chi connectivity index (χ1n) is 6.98. The van der Waals surface area contributed by atoms with Crippen molar-refractivity contribution in [1.29, 1.82) is 0 Å². The lowest BCUT2D eigenvalue weighted by Crippen LogP contribution is -2.17. The number of rotatable bonds is 6. The van der Waals surface area contributed by atoms with Crippen LogP contribution in [0.15, 0.2) is 41.5 Å². The molecule has 0 aliphatic rings. The lowest BCUT2D eigenvalue weighted by molar-refractivity contribution is 0.0954. The number of carbonyl (C=O) groups excluding carboxylic acids is 1. The van der Waals surface area contributed by atoms with E-state index in [1.807, 2.05) is 0 Å². The Hall–Kier alpha value is -3.09. The molecule has 2 aromatic carbocycles. The number of halogens is 1. The Labute approximate surface area is 138 Å². The molecule has 0 aromatic heterocycles. The van der Waals surface area contributed by atoms with Crippen LogP contribution in [-0.2, 0) is 0 Å². The zero-order chi connectivity index (χ0) is 17.5. The minimum atomic E-state index is -0.523.